The normalized spacial score (nSPS) is 16.7. The monoisotopic (exact) mass is 94.1 g/mol. The zero-order valence-electron chi connectivity index (χ0n) is 4.86. The SMILES string of the molecule is CC(C)C1=C=CC1. The molecule has 0 amide bonds. The van der Waals surface area contributed by atoms with Crippen LogP contribution < -0.4 is 0 Å². The van der Waals surface area contributed by atoms with Gasteiger partial charge in [0.1, 0.15) is 0 Å². The molecule has 0 heteroatoms. The smallest absolute Gasteiger partial charge is 0.00161 e. The van der Waals surface area contributed by atoms with Gasteiger partial charge in [-0.1, -0.05) is 13.8 Å². The Kier molecular flexibility index (Phi) is 1.04. The molecule has 0 bridgehead atoms. The van der Waals surface area contributed by atoms with E-state index in [1.807, 2.05) is 0 Å². The van der Waals surface area contributed by atoms with Crippen molar-refractivity contribution in [3.8, 4) is 0 Å². The zero-order chi connectivity index (χ0) is 5.28. The Labute approximate surface area is 44.5 Å². The Morgan fingerprint density at radius 1 is 1.71 bits per heavy atom. The van der Waals surface area contributed by atoms with Gasteiger partial charge in [0.05, 0.1) is 0 Å². The van der Waals surface area contributed by atoms with Crippen LogP contribution in [0.1, 0.15) is 20.3 Å². The summed E-state index contributed by atoms with van der Waals surface area (Å²) in [7, 11) is 0. The molecule has 0 aromatic rings. The minimum Gasteiger partial charge on any atom is -0.125 e. The highest BCUT2D eigenvalue weighted by Gasteiger charge is 2.03. The minimum atomic E-state index is 0.727. The standard InChI is InChI=1S/C7H10/c1-6(2)7-4-3-5-7/h3,6H,4H2,1-2H3. The van der Waals surface area contributed by atoms with E-state index in [4.69, 9.17) is 0 Å². The van der Waals surface area contributed by atoms with Crippen LogP contribution in [0.3, 0.4) is 0 Å². The fourth-order valence-corrected chi connectivity index (χ4v) is 0.622. The molecule has 0 N–H and O–H groups in total. The number of allylic oxidation sites excluding steroid dienone is 1. The van der Waals surface area contributed by atoms with Gasteiger partial charge < -0.3 is 0 Å². The number of rotatable bonds is 1. The predicted octanol–water partition coefficient (Wildman–Crippen LogP) is 2.13. The molecule has 1 aliphatic carbocycles. The molecule has 0 aromatic carbocycles. The summed E-state index contributed by atoms with van der Waals surface area (Å²) >= 11 is 0. The molecule has 0 atom stereocenters. The summed E-state index contributed by atoms with van der Waals surface area (Å²) in [5.41, 5.74) is 4.61. The van der Waals surface area contributed by atoms with E-state index in [0.29, 0.717) is 0 Å². The molecule has 0 radical (unpaired) electrons. The van der Waals surface area contributed by atoms with Crippen LogP contribution in [0.5, 0.6) is 0 Å². The molecule has 0 aliphatic heterocycles. The highest BCUT2D eigenvalue weighted by atomic mass is 14.1. The van der Waals surface area contributed by atoms with Gasteiger partial charge in [0.2, 0.25) is 0 Å². The molecule has 0 unspecified atom stereocenters. The Morgan fingerprint density at radius 2 is 2.29 bits per heavy atom. The van der Waals surface area contributed by atoms with Crippen LogP contribution in [0.15, 0.2) is 17.4 Å². The second-order valence-electron chi connectivity index (χ2n) is 2.23. The maximum absolute atomic E-state index is 3.14. The first-order chi connectivity index (χ1) is 3.30. The van der Waals surface area contributed by atoms with Gasteiger partial charge in [-0.25, -0.2) is 0 Å². The molecule has 0 spiro atoms. The molecule has 7 heavy (non-hydrogen) atoms. The minimum absolute atomic E-state index is 0.727. The maximum Gasteiger partial charge on any atom is 0.00161 e. The summed E-state index contributed by atoms with van der Waals surface area (Å²) in [5.74, 6) is 0.727. The molecule has 0 nitrogen and oxygen atoms in total. The molecule has 38 valence electrons. The van der Waals surface area contributed by atoms with Gasteiger partial charge in [0, 0.05) is 6.42 Å². The van der Waals surface area contributed by atoms with E-state index >= 15 is 0 Å². The molecule has 0 fully saturated rings. The van der Waals surface area contributed by atoms with Crippen LogP contribution in [0.4, 0.5) is 0 Å². The lowest BCUT2D eigenvalue weighted by Crippen LogP contribution is -1.94. The van der Waals surface area contributed by atoms with Gasteiger partial charge in [0.15, 0.2) is 0 Å². The van der Waals surface area contributed by atoms with E-state index < -0.39 is 0 Å². The summed E-state index contributed by atoms with van der Waals surface area (Å²) in [5, 5.41) is 0. The van der Waals surface area contributed by atoms with Crippen molar-refractivity contribution in [1.29, 1.82) is 0 Å². The molecular weight excluding hydrogens is 84.1 g/mol. The van der Waals surface area contributed by atoms with Crippen LogP contribution >= 0.6 is 0 Å². The van der Waals surface area contributed by atoms with Gasteiger partial charge in [-0.15, -0.1) is 5.73 Å². The largest absolute Gasteiger partial charge is 0.125 e. The van der Waals surface area contributed by atoms with Crippen molar-refractivity contribution >= 4 is 0 Å². The van der Waals surface area contributed by atoms with Crippen molar-refractivity contribution in [2.75, 3.05) is 0 Å². The van der Waals surface area contributed by atoms with E-state index in [1.165, 1.54) is 12.0 Å². The maximum atomic E-state index is 3.14. The fourth-order valence-electron chi connectivity index (χ4n) is 0.622. The van der Waals surface area contributed by atoms with Gasteiger partial charge in [0.25, 0.3) is 0 Å². The van der Waals surface area contributed by atoms with E-state index in [-0.39, 0.29) is 0 Å². The third-order valence-electron chi connectivity index (χ3n) is 1.31. The van der Waals surface area contributed by atoms with E-state index in [0.717, 1.165) is 5.92 Å². The Morgan fingerprint density at radius 3 is 2.29 bits per heavy atom. The molecule has 0 heterocycles. The molecule has 0 saturated carbocycles. The highest BCUT2D eigenvalue weighted by Crippen LogP contribution is 2.17. The summed E-state index contributed by atoms with van der Waals surface area (Å²) in [6.45, 7) is 4.41. The number of hydrogen-bond donors (Lipinski definition) is 0. The third-order valence-corrected chi connectivity index (χ3v) is 1.31. The van der Waals surface area contributed by atoms with Crippen LogP contribution in [0, 0.1) is 5.92 Å². The lowest BCUT2D eigenvalue weighted by molar-refractivity contribution is 0.735. The first-order valence-electron chi connectivity index (χ1n) is 2.74. The van der Waals surface area contributed by atoms with Crippen LogP contribution in [-0.2, 0) is 0 Å². The average molecular weight is 94.2 g/mol. The topological polar surface area (TPSA) is 0 Å². The molecular formula is C7H10. The van der Waals surface area contributed by atoms with Crippen molar-refractivity contribution < 1.29 is 0 Å². The molecule has 0 saturated heterocycles. The van der Waals surface area contributed by atoms with Crippen molar-refractivity contribution in [3.05, 3.63) is 17.4 Å². The number of hydrogen-bond acceptors (Lipinski definition) is 0. The van der Waals surface area contributed by atoms with Crippen LogP contribution in [0.25, 0.3) is 0 Å². The quantitative estimate of drug-likeness (QED) is 0.437. The first-order valence-corrected chi connectivity index (χ1v) is 2.74. The van der Waals surface area contributed by atoms with Gasteiger partial charge in [-0.2, -0.15) is 0 Å². The molecule has 0 aromatic heterocycles. The zero-order valence-corrected chi connectivity index (χ0v) is 4.86. The Hall–Kier alpha value is -0.480. The summed E-state index contributed by atoms with van der Waals surface area (Å²) in [6, 6.07) is 0. The van der Waals surface area contributed by atoms with Crippen molar-refractivity contribution in [2.24, 2.45) is 5.92 Å². The van der Waals surface area contributed by atoms with Crippen molar-refractivity contribution in [1.82, 2.24) is 0 Å². The Bertz CT molecular complexity index is 123. The van der Waals surface area contributed by atoms with Gasteiger partial charge in [-0.3, -0.25) is 0 Å². The van der Waals surface area contributed by atoms with E-state index in [2.05, 4.69) is 25.7 Å². The lowest BCUT2D eigenvalue weighted by atomic mass is 9.96. The summed E-state index contributed by atoms with van der Waals surface area (Å²) < 4.78 is 0. The molecule has 1 rings (SSSR count). The van der Waals surface area contributed by atoms with Gasteiger partial charge >= 0.3 is 0 Å². The Balaban J connectivity index is 2.57. The first kappa shape index (κ1) is 4.67. The third kappa shape index (κ3) is 0.755. The van der Waals surface area contributed by atoms with Gasteiger partial charge in [-0.05, 0) is 17.6 Å². The fraction of sp³-hybridized carbons (Fsp3) is 0.571. The van der Waals surface area contributed by atoms with E-state index in [9.17, 15) is 0 Å². The second kappa shape index (κ2) is 1.55. The lowest BCUT2D eigenvalue weighted by Gasteiger charge is -2.09. The van der Waals surface area contributed by atoms with Crippen molar-refractivity contribution in [2.45, 2.75) is 20.3 Å². The van der Waals surface area contributed by atoms with E-state index in [1.54, 1.807) is 0 Å². The predicted molar refractivity (Wildman–Crippen MR) is 31.1 cm³/mol. The highest BCUT2D eigenvalue weighted by molar-refractivity contribution is 5.17. The average Bonchev–Trinajstić information content (AvgIpc) is 1.23. The second-order valence-corrected chi connectivity index (χ2v) is 2.23. The summed E-state index contributed by atoms with van der Waals surface area (Å²) in [4.78, 5) is 0. The van der Waals surface area contributed by atoms with Crippen LogP contribution in [-0.4, -0.2) is 0 Å². The van der Waals surface area contributed by atoms with Crippen molar-refractivity contribution in [3.63, 3.8) is 0 Å². The van der Waals surface area contributed by atoms with Crippen LogP contribution in [0.2, 0.25) is 0 Å². The summed E-state index contributed by atoms with van der Waals surface area (Å²) in [6.07, 6.45) is 3.26. The molecule has 1 aliphatic rings.